The molecule has 0 spiro atoms. The first kappa shape index (κ1) is 16.2. The molecule has 0 radical (unpaired) electrons. The Morgan fingerprint density at radius 1 is 1.08 bits per heavy atom. The lowest BCUT2D eigenvalue weighted by Crippen LogP contribution is -2.48. The number of nitriles is 1. The van der Waals surface area contributed by atoms with Gasteiger partial charge >= 0.3 is 0 Å². The Morgan fingerprint density at radius 3 is 2.54 bits per heavy atom. The van der Waals surface area contributed by atoms with Crippen molar-refractivity contribution in [3.05, 3.63) is 71.0 Å². The molecule has 0 unspecified atom stereocenters. The van der Waals surface area contributed by atoms with Gasteiger partial charge in [-0.25, -0.2) is 4.39 Å². The SMILES string of the molecule is N#Cc1cccc(C(=O)N2CCN(Cc3cccc(F)c3)CC2)c1. The topological polar surface area (TPSA) is 47.3 Å². The number of rotatable bonds is 3. The summed E-state index contributed by atoms with van der Waals surface area (Å²) in [5.74, 6) is -0.267. The molecule has 4 nitrogen and oxygen atoms in total. The number of nitrogens with zero attached hydrogens (tertiary/aromatic N) is 3. The van der Waals surface area contributed by atoms with Crippen molar-refractivity contribution in [1.82, 2.24) is 9.80 Å². The average molecular weight is 323 g/mol. The van der Waals surface area contributed by atoms with Gasteiger partial charge in [-0.2, -0.15) is 5.26 Å². The van der Waals surface area contributed by atoms with Crippen LogP contribution >= 0.6 is 0 Å². The molecule has 3 rings (SSSR count). The molecule has 0 aromatic heterocycles. The number of hydrogen-bond acceptors (Lipinski definition) is 3. The third-order valence-electron chi connectivity index (χ3n) is 4.19. The van der Waals surface area contributed by atoms with Crippen LogP contribution in [0.1, 0.15) is 21.5 Å². The van der Waals surface area contributed by atoms with Crippen LogP contribution in [0.25, 0.3) is 0 Å². The summed E-state index contributed by atoms with van der Waals surface area (Å²) in [6, 6.07) is 15.4. The molecule has 0 bridgehead atoms. The lowest BCUT2D eigenvalue weighted by atomic mass is 10.1. The van der Waals surface area contributed by atoms with Gasteiger partial charge in [-0.3, -0.25) is 9.69 Å². The third kappa shape index (κ3) is 3.79. The van der Waals surface area contributed by atoms with E-state index in [0.29, 0.717) is 30.8 Å². The number of hydrogen-bond donors (Lipinski definition) is 0. The zero-order valence-electron chi connectivity index (χ0n) is 13.3. The van der Waals surface area contributed by atoms with Crippen LogP contribution in [-0.2, 0) is 6.54 Å². The van der Waals surface area contributed by atoms with Crippen LogP contribution < -0.4 is 0 Å². The molecule has 1 heterocycles. The number of piperazine rings is 1. The molecule has 2 aromatic carbocycles. The number of amides is 1. The van der Waals surface area contributed by atoms with Gasteiger partial charge in [-0.1, -0.05) is 18.2 Å². The molecule has 1 fully saturated rings. The minimum atomic E-state index is -0.223. The van der Waals surface area contributed by atoms with E-state index in [1.807, 2.05) is 6.07 Å². The summed E-state index contributed by atoms with van der Waals surface area (Å²) >= 11 is 0. The Balaban J connectivity index is 1.58. The quantitative estimate of drug-likeness (QED) is 0.872. The van der Waals surface area contributed by atoms with Gasteiger partial charge in [-0.05, 0) is 35.9 Å². The maximum atomic E-state index is 13.2. The van der Waals surface area contributed by atoms with E-state index in [0.717, 1.165) is 18.7 Å². The second-order valence-electron chi connectivity index (χ2n) is 5.89. The molecule has 0 aliphatic carbocycles. The minimum absolute atomic E-state index is 0.0440. The van der Waals surface area contributed by atoms with Gasteiger partial charge in [0.05, 0.1) is 11.6 Å². The van der Waals surface area contributed by atoms with Gasteiger partial charge in [0.25, 0.3) is 5.91 Å². The van der Waals surface area contributed by atoms with Crippen LogP contribution in [0.2, 0.25) is 0 Å². The van der Waals surface area contributed by atoms with Gasteiger partial charge in [0.2, 0.25) is 0 Å². The molecular weight excluding hydrogens is 305 g/mol. The molecule has 5 heteroatoms. The van der Waals surface area contributed by atoms with E-state index in [1.165, 1.54) is 6.07 Å². The van der Waals surface area contributed by atoms with Crippen LogP contribution in [-0.4, -0.2) is 41.9 Å². The average Bonchev–Trinajstić information content (AvgIpc) is 2.62. The summed E-state index contributed by atoms with van der Waals surface area (Å²) in [5, 5.41) is 8.94. The normalized spacial score (nSPS) is 15.1. The number of benzene rings is 2. The highest BCUT2D eigenvalue weighted by Crippen LogP contribution is 2.13. The zero-order valence-corrected chi connectivity index (χ0v) is 13.3. The van der Waals surface area contributed by atoms with Crippen molar-refractivity contribution in [3.63, 3.8) is 0 Å². The van der Waals surface area contributed by atoms with Crippen LogP contribution in [0, 0.1) is 17.1 Å². The number of carbonyl (C=O) groups excluding carboxylic acids is 1. The Bertz CT molecular complexity index is 776. The van der Waals surface area contributed by atoms with Crippen LogP contribution in [0.15, 0.2) is 48.5 Å². The minimum Gasteiger partial charge on any atom is -0.336 e. The smallest absolute Gasteiger partial charge is 0.253 e. The van der Waals surface area contributed by atoms with E-state index < -0.39 is 0 Å². The summed E-state index contributed by atoms with van der Waals surface area (Å²) in [7, 11) is 0. The Kier molecular flexibility index (Phi) is 4.88. The van der Waals surface area contributed by atoms with Crippen molar-refractivity contribution in [2.75, 3.05) is 26.2 Å². The van der Waals surface area contributed by atoms with E-state index in [1.54, 1.807) is 41.3 Å². The third-order valence-corrected chi connectivity index (χ3v) is 4.19. The van der Waals surface area contributed by atoms with Crippen molar-refractivity contribution in [2.24, 2.45) is 0 Å². The first-order valence-corrected chi connectivity index (χ1v) is 7.92. The molecule has 122 valence electrons. The summed E-state index contributed by atoms with van der Waals surface area (Å²) in [6.45, 7) is 3.44. The predicted molar refractivity (Wildman–Crippen MR) is 88.7 cm³/mol. The maximum absolute atomic E-state index is 13.2. The van der Waals surface area contributed by atoms with Gasteiger partial charge in [-0.15, -0.1) is 0 Å². The molecule has 1 aliphatic rings. The fourth-order valence-corrected chi connectivity index (χ4v) is 2.91. The Hall–Kier alpha value is -2.71. The Labute approximate surface area is 140 Å². The largest absolute Gasteiger partial charge is 0.336 e. The number of halogens is 1. The van der Waals surface area contributed by atoms with Crippen molar-refractivity contribution in [1.29, 1.82) is 5.26 Å². The lowest BCUT2D eigenvalue weighted by Gasteiger charge is -2.34. The summed E-state index contributed by atoms with van der Waals surface area (Å²) < 4.78 is 13.2. The van der Waals surface area contributed by atoms with E-state index >= 15 is 0 Å². The van der Waals surface area contributed by atoms with Crippen molar-refractivity contribution >= 4 is 5.91 Å². The van der Waals surface area contributed by atoms with Crippen molar-refractivity contribution in [3.8, 4) is 6.07 Å². The van der Waals surface area contributed by atoms with E-state index in [-0.39, 0.29) is 11.7 Å². The first-order valence-electron chi connectivity index (χ1n) is 7.92. The molecule has 24 heavy (non-hydrogen) atoms. The van der Waals surface area contributed by atoms with E-state index in [2.05, 4.69) is 11.0 Å². The molecule has 1 aliphatic heterocycles. The maximum Gasteiger partial charge on any atom is 0.253 e. The molecule has 0 saturated carbocycles. The molecular formula is C19H18FN3O. The molecule has 1 amide bonds. The summed E-state index contributed by atoms with van der Waals surface area (Å²) in [4.78, 5) is 16.5. The van der Waals surface area contributed by atoms with E-state index in [4.69, 9.17) is 5.26 Å². The second kappa shape index (κ2) is 7.24. The monoisotopic (exact) mass is 323 g/mol. The standard InChI is InChI=1S/C19H18FN3O/c20-18-6-2-4-16(12-18)14-22-7-9-23(10-8-22)19(24)17-5-1-3-15(11-17)13-21/h1-6,11-12H,7-10,14H2. The van der Waals surface area contributed by atoms with Gasteiger partial charge in [0.1, 0.15) is 5.82 Å². The van der Waals surface area contributed by atoms with Crippen molar-refractivity contribution < 1.29 is 9.18 Å². The van der Waals surface area contributed by atoms with Crippen LogP contribution in [0.4, 0.5) is 4.39 Å². The lowest BCUT2D eigenvalue weighted by molar-refractivity contribution is 0.0628. The highest BCUT2D eigenvalue weighted by Gasteiger charge is 2.22. The number of carbonyl (C=O) groups is 1. The predicted octanol–water partition coefficient (Wildman–Crippen LogP) is 2.66. The van der Waals surface area contributed by atoms with Crippen LogP contribution in [0.5, 0.6) is 0 Å². The molecule has 0 N–H and O–H groups in total. The van der Waals surface area contributed by atoms with Crippen molar-refractivity contribution in [2.45, 2.75) is 6.54 Å². The summed E-state index contributed by atoms with van der Waals surface area (Å²) in [6.07, 6.45) is 0. The van der Waals surface area contributed by atoms with Gasteiger partial charge < -0.3 is 4.90 Å². The van der Waals surface area contributed by atoms with Crippen LogP contribution in [0.3, 0.4) is 0 Å². The summed E-state index contributed by atoms with van der Waals surface area (Å²) in [5.41, 5.74) is 1.98. The Morgan fingerprint density at radius 2 is 1.83 bits per heavy atom. The van der Waals surface area contributed by atoms with Gasteiger partial charge in [0.15, 0.2) is 0 Å². The second-order valence-corrected chi connectivity index (χ2v) is 5.89. The fourth-order valence-electron chi connectivity index (χ4n) is 2.91. The first-order chi connectivity index (χ1) is 11.7. The zero-order chi connectivity index (χ0) is 16.9. The highest BCUT2D eigenvalue weighted by molar-refractivity contribution is 5.94. The molecule has 0 atom stereocenters. The molecule has 2 aromatic rings. The molecule has 1 saturated heterocycles. The van der Waals surface area contributed by atoms with E-state index in [9.17, 15) is 9.18 Å². The van der Waals surface area contributed by atoms with Gasteiger partial charge in [0, 0.05) is 38.3 Å². The fraction of sp³-hybridized carbons (Fsp3) is 0.263. The highest BCUT2D eigenvalue weighted by atomic mass is 19.1.